The van der Waals surface area contributed by atoms with Gasteiger partial charge in [0.2, 0.25) is 0 Å². The number of benzene rings is 1. The van der Waals surface area contributed by atoms with Crippen molar-refractivity contribution in [3.8, 4) is 0 Å². The van der Waals surface area contributed by atoms with E-state index in [4.69, 9.17) is 0 Å². The number of alkyl halides is 3. The number of fused-ring (bicyclic) bond motifs is 1. The first-order valence-corrected chi connectivity index (χ1v) is 6.92. The fourth-order valence-electron chi connectivity index (χ4n) is 2.10. The Labute approximate surface area is 114 Å². The van der Waals surface area contributed by atoms with Gasteiger partial charge in [-0.25, -0.2) is 0 Å². The SMILES string of the molecule is CNCc1cn(CCSC(F)(F)F)c2ccccc12. The van der Waals surface area contributed by atoms with E-state index in [-0.39, 0.29) is 17.5 Å². The van der Waals surface area contributed by atoms with E-state index in [9.17, 15) is 13.2 Å². The van der Waals surface area contributed by atoms with Gasteiger partial charge < -0.3 is 9.88 Å². The lowest BCUT2D eigenvalue weighted by Gasteiger charge is -2.07. The summed E-state index contributed by atoms with van der Waals surface area (Å²) in [5.41, 5.74) is -2.07. The maximum atomic E-state index is 12.1. The Bertz CT molecular complexity index is 548. The topological polar surface area (TPSA) is 17.0 Å². The lowest BCUT2D eigenvalue weighted by molar-refractivity contribution is -0.0328. The van der Waals surface area contributed by atoms with Gasteiger partial charge >= 0.3 is 5.51 Å². The zero-order chi connectivity index (χ0) is 13.9. The summed E-state index contributed by atoms with van der Waals surface area (Å²) < 4.78 is 38.3. The van der Waals surface area contributed by atoms with Crippen LogP contribution in [0.4, 0.5) is 13.2 Å². The van der Waals surface area contributed by atoms with Crippen LogP contribution in [0.2, 0.25) is 0 Å². The maximum Gasteiger partial charge on any atom is 0.441 e. The summed E-state index contributed by atoms with van der Waals surface area (Å²) >= 11 is 0.0231. The van der Waals surface area contributed by atoms with Gasteiger partial charge in [0, 0.05) is 35.9 Å². The molecule has 0 amide bonds. The van der Waals surface area contributed by atoms with Gasteiger partial charge in [-0.1, -0.05) is 18.2 Å². The fraction of sp³-hybridized carbons (Fsp3) is 0.385. The lowest BCUT2D eigenvalue weighted by Crippen LogP contribution is -2.06. The number of para-hydroxylation sites is 1. The average Bonchev–Trinajstić information content (AvgIpc) is 2.68. The zero-order valence-electron chi connectivity index (χ0n) is 10.5. The van der Waals surface area contributed by atoms with Crippen LogP contribution < -0.4 is 5.32 Å². The number of aromatic nitrogens is 1. The monoisotopic (exact) mass is 288 g/mol. The molecular formula is C13H15F3N2S. The molecule has 104 valence electrons. The Kier molecular flexibility index (Phi) is 4.42. The number of thioether (sulfide) groups is 1. The highest BCUT2D eigenvalue weighted by Crippen LogP contribution is 2.30. The summed E-state index contributed by atoms with van der Waals surface area (Å²) in [5, 5.41) is 4.16. The highest BCUT2D eigenvalue weighted by molar-refractivity contribution is 8.00. The molecule has 19 heavy (non-hydrogen) atoms. The molecule has 1 N–H and O–H groups in total. The number of halogens is 3. The summed E-state index contributed by atoms with van der Waals surface area (Å²) in [6.45, 7) is 1.06. The van der Waals surface area contributed by atoms with Gasteiger partial charge in [-0.05, 0) is 30.4 Å². The van der Waals surface area contributed by atoms with Crippen molar-refractivity contribution in [2.75, 3.05) is 12.8 Å². The Morgan fingerprint density at radius 3 is 2.68 bits per heavy atom. The molecule has 1 aromatic carbocycles. The van der Waals surface area contributed by atoms with Crippen molar-refractivity contribution in [2.24, 2.45) is 0 Å². The van der Waals surface area contributed by atoms with Gasteiger partial charge in [0.15, 0.2) is 0 Å². The van der Waals surface area contributed by atoms with Gasteiger partial charge in [-0.15, -0.1) is 0 Å². The quantitative estimate of drug-likeness (QED) is 0.905. The van der Waals surface area contributed by atoms with Crippen molar-refractivity contribution >= 4 is 22.7 Å². The van der Waals surface area contributed by atoms with Gasteiger partial charge in [0.05, 0.1) is 0 Å². The predicted molar refractivity (Wildman–Crippen MR) is 73.2 cm³/mol. The minimum absolute atomic E-state index is 0.0231. The smallest absolute Gasteiger partial charge is 0.346 e. The fourth-order valence-corrected chi connectivity index (χ4v) is 2.62. The number of hydrogen-bond acceptors (Lipinski definition) is 2. The Morgan fingerprint density at radius 1 is 1.26 bits per heavy atom. The van der Waals surface area contributed by atoms with Crippen LogP contribution in [0.25, 0.3) is 10.9 Å². The van der Waals surface area contributed by atoms with Crippen LogP contribution >= 0.6 is 11.8 Å². The molecule has 6 heteroatoms. The van der Waals surface area contributed by atoms with Crippen molar-refractivity contribution in [1.29, 1.82) is 0 Å². The molecule has 0 aliphatic carbocycles. The first-order chi connectivity index (χ1) is 9.01. The average molecular weight is 288 g/mol. The minimum Gasteiger partial charge on any atom is -0.346 e. The third kappa shape index (κ3) is 3.67. The van der Waals surface area contributed by atoms with E-state index in [0.717, 1.165) is 16.5 Å². The standard InChI is InChI=1S/C13H15F3N2S/c1-17-8-10-9-18(6-7-19-13(14,15)16)12-5-3-2-4-11(10)12/h2-5,9,17H,6-8H2,1H3. The summed E-state index contributed by atoms with van der Waals surface area (Å²) in [4.78, 5) is 0. The van der Waals surface area contributed by atoms with Gasteiger partial charge in [0.25, 0.3) is 0 Å². The predicted octanol–water partition coefficient (Wildman–Crippen LogP) is 3.61. The van der Waals surface area contributed by atoms with Crippen LogP contribution in [-0.2, 0) is 13.1 Å². The summed E-state index contributed by atoms with van der Waals surface area (Å²) in [6, 6.07) is 7.78. The van der Waals surface area contributed by atoms with Crippen LogP contribution in [0.15, 0.2) is 30.5 Å². The van der Waals surface area contributed by atoms with Gasteiger partial charge in [0.1, 0.15) is 0 Å². The normalized spacial score (nSPS) is 12.2. The molecule has 0 fully saturated rings. The Morgan fingerprint density at radius 2 is 2.00 bits per heavy atom. The lowest BCUT2D eigenvalue weighted by atomic mass is 10.2. The van der Waals surface area contributed by atoms with Crippen molar-refractivity contribution in [2.45, 2.75) is 18.6 Å². The van der Waals surface area contributed by atoms with Crippen LogP contribution in [0.1, 0.15) is 5.56 Å². The molecule has 1 aromatic heterocycles. The first-order valence-electron chi connectivity index (χ1n) is 5.93. The number of hydrogen-bond donors (Lipinski definition) is 1. The molecular weight excluding hydrogens is 273 g/mol. The molecule has 2 aromatic rings. The second kappa shape index (κ2) is 5.88. The highest BCUT2D eigenvalue weighted by atomic mass is 32.2. The van der Waals surface area contributed by atoms with E-state index >= 15 is 0 Å². The molecule has 0 atom stereocenters. The molecule has 0 spiro atoms. The van der Waals surface area contributed by atoms with E-state index < -0.39 is 5.51 Å². The maximum absolute atomic E-state index is 12.1. The van der Waals surface area contributed by atoms with Crippen LogP contribution in [0.3, 0.4) is 0 Å². The van der Waals surface area contributed by atoms with Gasteiger partial charge in [-0.2, -0.15) is 13.2 Å². The molecule has 2 rings (SSSR count). The highest BCUT2D eigenvalue weighted by Gasteiger charge is 2.27. The molecule has 0 saturated carbocycles. The van der Waals surface area contributed by atoms with Crippen LogP contribution in [-0.4, -0.2) is 22.9 Å². The second-order valence-electron chi connectivity index (χ2n) is 4.19. The molecule has 0 aliphatic heterocycles. The summed E-state index contributed by atoms with van der Waals surface area (Å²) in [6.07, 6.45) is 1.93. The van der Waals surface area contributed by atoms with Crippen molar-refractivity contribution < 1.29 is 13.2 Å². The third-order valence-electron chi connectivity index (χ3n) is 2.84. The second-order valence-corrected chi connectivity index (χ2v) is 5.35. The van der Waals surface area contributed by atoms with E-state index in [0.29, 0.717) is 13.1 Å². The van der Waals surface area contributed by atoms with Crippen LogP contribution in [0.5, 0.6) is 0 Å². The van der Waals surface area contributed by atoms with Gasteiger partial charge in [-0.3, -0.25) is 0 Å². The number of nitrogens with one attached hydrogen (secondary N) is 1. The molecule has 0 unspecified atom stereocenters. The molecule has 2 nitrogen and oxygen atoms in total. The summed E-state index contributed by atoms with van der Waals surface area (Å²) in [5.74, 6) is 0.0289. The van der Waals surface area contributed by atoms with E-state index in [1.165, 1.54) is 0 Å². The molecule has 0 aliphatic rings. The Balaban J connectivity index is 2.18. The largest absolute Gasteiger partial charge is 0.441 e. The zero-order valence-corrected chi connectivity index (χ0v) is 11.3. The van der Waals surface area contributed by atoms with E-state index in [2.05, 4.69) is 5.32 Å². The molecule has 1 heterocycles. The van der Waals surface area contributed by atoms with E-state index in [1.54, 1.807) is 0 Å². The third-order valence-corrected chi connectivity index (χ3v) is 3.55. The minimum atomic E-state index is -4.16. The number of rotatable bonds is 5. The van der Waals surface area contributed by atoms with Crippen molar-refractivity contribution in [3.05, 3.63) is 36.0 Å². The van der Waals surface area contributed by atoms with Crippen LogP contribution in [0, 0.1) is 0 Å². The first kappa shape index (κ1) is 14.3. The summed E-state index contributed by atoms with van der Waals surface area (Å²) in [7, 11) is 1.85. The van der Waals surface area contributed by atoms with Crippen molar-refractivity contribution in [1.82, 2.24) is 9.88 Å². The Hall–Kier alpha value is -1.14. The molecule has 0 saturated heterocycles. The number of nitrogens with zero attached hydrogens (tertiary/aromatic N) is 1. The molecule has 0 radical (unpaired) electrons. The van der Waals surface area contributed by atoms with Crippen molar-refractivity contribution in [3.63, 3.8) is 0 Å². The number of aryl methyl sites for hydroxylation is 1. The van der Waals surface area contributed by atoms with E-state index in [1.807, 2.05) is 42.1 Å². The molecule has 0 bridgehead atoms.